The van der Waals surface area contributed by atoms with Crippen molar-refractivity contribution in [1.29, 1.82) is 0 Å². The molecule has 0 aliphatic carbocycles. The number of hydrogen-bond acceptors (Lipinski definition) is 13. The largest absolute Gasteiger partial charge is 0.394 e. The number of unbranched alkanes of at least 4 members (excludes halogenated alkanes) is 23. The van der Waals surface area contributed by atoms with Gasteiger partial charge >= 0.3 is 0 Å². The standard InChI is InChI=1S/C61H107NO13/c1-3-5-7-9-11-13-15-17-19-21-23-24-25-27-28-30-32-34-36-38-40-42-44-50(65)49(62-53(66)45-43-41-39-37-35-33-31-29-26-22-20-18-16-14-12-10-8-6-4-2)48-72-60-58(71)56(69)59(52(47-64)74-60)75-61-57(70)55(68)54(67)51(46-63)73-61/h6,8,12,14,18,20,26,29,33,35,42,44,49-52,54-61,63-65,67-71H,3-5,7,9-11,13,15-17,19,21-25,27-28,30-32,34,36-41,43,45-48H2,1-2H3,(H,62,66)/b8-6-,14-12-,20-18-,29-26-,35-33-,44-42+. The van der Waals surface area contributed by atoms with E-state index in [0.29, 0.717) is 6.42 Å². The number of carbonyl (C=O) groups excluding carboxylic acids is 1. The van der Waals surface area contributed by atoms with Gasteiger partial charge in [-0.15, -0.1) is 0 Å². The summed E-state index contributed by atoms with van der Waals surface area (Å²) < 4.78 is 22.8. The molecule has 0 spiro atoms. The molecule has 2 aliphatic rings. The minimum Gasteiger partial charge on any atom is -0.394 e. The molecule has 434 valence electrons. The van der Waals surface area contributed by atoms with Crippen molar-refractivity contribution in [2.45, 2.75) is 286 Å². The van der Waals surface area contributed by atoms with Gasteiger partial charge in [-0.2, -0.15) is 0 Å². The zero-order chi connectivity index (χ0) is 54.6. The monoisotopic (exact) mass is 1060 g/mol. The third-order valence-corrected chi connectivity index (χ3v) is 14.1. The second-order valence-corrected chi connectivity index (χ2v) is 20.7. The molecule has 0 radical (unpaired) electrons. The fourth-order valence-corrected chi connectivity index (χ4v) is 9.38. The molecule has 0 aromatic carbocycles. The zero-order valence-electron chi connectivity index (χ0n) is 46.5. The normalized spacial score (nSPS) is 25.6. The molecular formula is C61H107NO13. The van der Waals surface area contributed by atoms with Gasteiger partial charge in [0, 0.05) is 6.42 Å². The number of allylic oxidation sites excluding steroid dienone is 11. The van der Waals surface area contributed by atoms with Crippen LogP contribution >= 0.6 is 0 Å². The maximum absolute atomic E-state index is 13.2. The van der Waals surface area contributed by atoms with Crippen LogP contribution in [-0.2, 0) is 23.7 Å². The van der Waals surface area contributed by atoms with Crippen LogP contribution in [0.3, 0.4) is 0 Å². The first kappa shape index (κ1) is 68.5. The number of ether oxygens (including phenoxy) is 4. The molecule has 9 N–H and O–H groups in total. The summed E-state index contributed by atoms with van der Waals surface area (Å²) in [6.07, 6.45) is 43.6. The summed E-state index contributed by atoms with van der Waals surface area (Å²) in [5.41, 5.74) is 0. The van der Waals surface area contributed by atoms with Crippen molar-refractivity contribution in [1.82, 2.24) is 5.32 Å². The third kappa shape index (κ3) is 32.2. The van der Waals surface area contributed by atoms with E-state index in [9.17, 15) is 45.6 Å². The molecule has 0 bridgehead atoms. The van der Waals surface area contributed by atoms with E-state index in [0.717, 1.165) is 70.6 Å². The molecule has 0 saturated carbocycles. The molecule has 12 atom stereocenters. The summed E-state index contributed by atoms with van der Waals surface area (Å²) >= 11 is 0. The first-order chi connectivity index (χ1) is 36.6. The predicted molar refractivity (Wildman–Crippen MR) is 300 cm³/mol. The number of rotatable bonds is 46. The average Bonchev–Trinajstić information content (AvgIpc) is 3.41. The average molecular weight is 1060 g/mol. The van der Waals surface area contributed by atoms with E-state index in [1.807, 2.05) is 6.08 Å². The highest BCUT2D eigenvalue weighted by Crippen LogP contribution is 2.30. The summed E-state index contributed by atoms with van der Waals surface area (Å²) in [7, 11) is 0. The lowest BCUT2D eigenvalue weighted by molar-refractivity contribution is -0.359. The molecule has 1 amide bonds. The quantitative estimate of drug-likeness (QED) is 0.0205. The molecular weight excluding hydrogens is 955 g/mol. The van der Waals surface area contributed by atoms with Gasteiger partial charge in [0.15, 0.2) is 12.6 Å². The number of nitrogens with one attached hydrogen (secondary N) is 1. The van der Waals surface area contributed by atoms with Crippen LogP contribution < -0.4 is 5.32 Å². The Hall–Kier alpha value is -2.57. The van der Waals surface area contributed by atoms with Crippen LogP contribution in [0, 0.1) is 0 Å². The molecule has 14 nitrogen and oxygen atoms in total. The van der Waals surface area contributed by atoms with E-state index < -0.39 is 86.8 Å². The van der Waals surface area contributed by atoms with E-state index >= 15 is 0 Å². The van der Waals surface area contributed by atoms with Crippen molar-refractivity contribution in [3.05, 3.63) is 72.9 Å². The minimum atomic E-state index is -1.79. The SMILES string of the molecule is CC/C=C\C/C=C\C/C=C\C/C=C\C/C=C\CCCCCC(=O)NC(COC1OC(CO)C(OC2OC(CO)C(O)C(O)C2O)C(O)C1O)C(O)/C=C/CCCCCCCCCCCCCCCCCCCCCC. The maximum atomic E-state index is 13.2. The molecule has 2 saturated heterocycles. The molecule has 12 unspecified atom stereocenters. The highest BCUT2D eigenvalue weighted by Gasteiger charge is 2.51. The van der Waals surface area contributed by atoms with Gasteiger partial charge < -0.3 is 65.1 Å². The van der Waals surface area contributed by atoms with Gasteiger partial charge in [-0.1, -0.05) is 215 Å². The first-order valence-corrected chi connectivity index (χ1v) is 29.7. The van der Waals surface area contributed by atoms with E-state index in [-0.39, 0.29) is 18.9 Å². The smallest absolute Gasteiger partial charge is 0.220 e. The molecule has 2 aliphatic heterocycles. The van der Waals surface area contributed by atoms with Gasteiger partial charge in [0.05, 0.1) is 32.0 Å². The second kappa shape index (κ2) is 46.4. The predicted octanol–water partition coefficient (Wildman–Crippen LogP) is 9.94. The van der Waals surface area contributed by atoms with Gasteiger partial charge in [0.2, 0.25) is 5.91 Å². The second-order valence-electron chi connectivity index (χ2n) is 20.7. The molecule has 2 heterocycles. The summed E-state index contributed by atoms with van der Waals surface area (Å²) in [6.45, 7) is 2.66. The molecule has 0 aromatic heterocycles. The Bertz CT molecular complexity index is 1530. The summed E-state index contributed by atoms with van der Waals surface area (Å²) in [4.78, 5) is 13.2. The Morgan fingerprint density at radius 3 is 1.41 bits per heavy atom. The van der Waals surface area contributed by atoms with Gasteiger partial charge in [-0.3, -0.25) is 4.79 Å². The lowest BCUT2D eigenvalue weighted by Gasteiger charge is -2.46. The van der Waals surface area contributed by atoms with Crippen LogP contribution in [0.5, 0.6) is 0 Å². The van der Waals surface area contributed by atoms with Gasteiger partial charge in [-0.25, -0.2) is 0 Å². The number of aliphatic hydroxyl groups is 8. The van der Waals surface area contributed by atoms with Crippen molar-refractivity contribution in [3.8, 4) is 0 Å². The van der Waals surface area contributed by atoms with Gasteiger partial charge in [0.25, 0.3) is 0 Å². The minimum absolute atomic E-state index is 0.239. The molecule has 0 aromatic rings. The molecule has 2 fully saturated rings. The molecule has 75 heavy (non-hydrogen) atoms. The van der Waals surface area contributed by atoms with Crippen molar-refractivity contribution in [2.75, 3.05) is 19.8 Å². The summed E-state index contributed by atoms with van der Waals surface area (Å²) in [5, 5.41) is 87.1. The van der Waals surface area contributed by atoms with E-state index in [1.54, 1.807) is 6.08 Å². The van der Waals surface area contributed by atoms with Crippen LogP contribution in [0.25, 0.3) is 0 Å². The molecule has 14 heteroatoms. The highest BCUT2D eigenvalue weighted by molar-refractivity contribution is 5.76. The maximum Gasteiger partial charge on any atom is 0.220 e. The lowest BCUT2D eigenvalue weighted by atomic mass is 9.97. The highest BCUT2D eigenvalue weighted by atomic mass is 16.7. The van der Waals surface area contributed by atoms with E-state index in [1.165, 1.54) is 116 Å². The van der Waals surface area contributed by atoms with Crippen LogP contribution in [0.15, 0.2) is 72.9 Å². The van der Waals surface area contributed by atoms with Crippen LogP contribution in [0.4, 0.5) is 0 Å². The summed E-state index contributed by atoms with van der Waals surface area (Å²) in [5.74, 6) is -0.272. The lowest BCUT2D eigenvalue weighted by Crippen LogP contribution is -2.65. The van der Waals surface area contributed by atoms with Crippen molar-refractivity contribution < 1.29 is 64.6 Å². The Balaban J connectivity index is 1.80. The van der Waals surface area contributed by atoms with E-state index in [4.69, 9.17) is 18.9 Å². The Morgan fingerprint density at radius 1 is 0.493 bits per heavy atom. The Morgan fingerprint density at radius 2 is 0.920 bits per heavy atom. The number of hydrogen-bond donors (Lipinski definition) is 9. The molecule has 2 rings (SSSR count). The van der Waals surface area contributed by atoms with Crippen LogP contribution in [-0.4, -0.2) is 140 Å². The number of aliphatic hydroxyl groups excluding tert-OH is 8. The fraction of sp³-hybridized carbons (Fsp3) is 0.787. The summed E-state index contributed by atoms with van der Waals surface area (Å²) in [6, 6.07) is -0.937. The Kier molecular flexibility index (Phi) is 42.4. The topological polar surface area (TPSA) is 228 Å². The number of carbonyl (C=O) groups is 1. The fourth-order valence-electron chi connectivity index (χ4n) is 9.38. The third-order valence-electron chi connectivity index (χ3n) is 14.1. The van der Waals surface area contributed by atoms with Crippen molar-refractivity contribution in [3.63, 3.8) is 0 Å². The van der Waals surface area contributed by atoms with Crippen LogP contribution in [0.1, 0.15) is 213 Å². The van der Waals surface area contributed by atoms with E-state index in [2.05, 4.69) is 79.9 Å². The van der Waals surface area contributed by atoms with Crippen molar-refractivity contribution >= 4 is 5.91 Å². The first-order valence-electron chi connectivity index (χ1n) is 29.7. The van der Waals surface area contributed by atoms with Gasteiger partial charge in [0.1, 0.15) is 48.8 Å². The van der Waals surface area contributed by atoms with Crippen molar-refractivity contribution in [2.24, 2.45) is 0 Å². The number of amides is 1. The van der Waals surface area contributed by atoms with Gasteiger partial charge in [-0.05, 0) is 64.2 Å². The van der Waals surface area contributed by atoms with Crippen LogP contribution in [0.2, 0.25) is 0 Å². The zero-order valence-corrected chi connectivity index (χ0v) is 46.5. The Labute approximate surface area is 453 Å².